The second-order valence-corrected chi connectivity index (χ2v) is 6.79. The third-order valence-corrected chi connectivity index (χ3v) is 4.41. The van der Waals surface area contributed by atoms with Crippen LogP contribution in [0.15, 0.2) is 48.5 Å². The van der Waals surface area contributed by atoms with Gasteiger partial charge in [-0.1, -0.05) is 41.9 Å². The average molecular weight is 390 g/mol. The fourth-order valence-corrected chi connectivity index (χ4v) is 2.71. The number of hydrogen-bond donors (Lipinski definition) is 4. The maximum absolute atomic E-state index is 12.2. The quantitative estimate of drug-likeness (QED) is 0.555. The van der Waals surface area contributed by atoms with Gasteiger partial charge in [0.15, 0.2) is 0 Å². The maximum Gasteiger partial charge on any atom is 0.242 e. The van der Waals surface area contributed by atoms with E-state index in [1.807, 2.05) is 30.3 Å². The van der Waals surface area contributed by atoms with E-state index in [-0.39, 0.29) is 24.1 Å². The predicted molar refractivity (Wildman–Crippen MR) is 105 cm³/mol. The van der Waals surface area contributed by atoms with Gasteiger partial charge in [-0.2, -0.15) is 0 Å². The number of rotatable bonds is 8. The number of halogens is 1. The van der Waals surface area contributed by atoms with Gasteiger partial charge in [-0.05, 0) is 43.5 Å². The molecule has 5 N–H and O–H groups in total. The summed E-state index contributed by atoms with van der Waals surface area (Å²) in [6.45, 7) is 1.68. The molecule has 0 aromatic heterocycles. The summed E-state index contributed by atoms with van der Waals surface area (Å²) in [6, 6.07) is 12.9. The Bertz CT molecular complexity index is 783. The Hall–Kier alpha value is -2.57. The second kappa shape index (κ2) is 9.94. The topological polar surface area (TPSA) is 104 Å². The zero-order chi connectivity index (χ0) is 19.8. The van der Waals surface area contributed by atoms with Crippen molar-refractivity contribution >= 4 is 23.4 Å². The van der Waals surface area contributed by atoms with Gasteiger partial charge in [-0.3, -0.25) is 9.59 Å². The number of nitrogens with one attached hydrogen (secondary N) is 2. The summed E-state index contributed by atoms with van der Waals surface area (Å²) >= 11 is 5.88. The molecule has 0 aliphatic carbocycles. The highest BCUT2D eigenvalue weighted by atomic mass is 35.5. The van der Waals surface area contributed by atoms with Gasteiger partial charge in [0.25, 0.3) is 0 Å². The van der Waals surface area contributed by atoms with E-state index < -0.39 is 12.1 Å². The molecule has 0 spiro atoms. The van der Waals surface area contributed by atoms with Crippen LogP contribution in [0.3, 0.4) is 0 Å². The number of hydrogen-bond acceptors (Lipinski definition) is 4. The molecule has 2 aromatic carbocycles. The maximum atomic E-state index is 12.2. The minimum Gasteiger partial charge on any atom is -0.508 e. The zero-order valence-corrected chi connectivity index (χ0v) is 15.9. The molecule has 0 aliphatic heterocycles. The summed E-state index contributed by atoms with van der Waals surface area (Å²) < 4.78 is 0. The number of carbonyl (C=O) groups excluding carboxylic acids is 2. The second-order valence-electron chi connectivity index (χ2n) is 6.35. The van der Waals surface area contributed by atoms with Crippen LogP contribution in [0.2, 0.25) is 5.02 Å². The molecule has 27 heavy (non-hydrogen) atoms. The largest absolute Gasteiger partial charge is 0.508 e. The summed E-state index contributed by atoms with van der Waals surface area (Å²) in [4.78, 5) is 24.3. The number of aryl methyl sites for hydroxylation is 1. The van der Waals surface area contributed by atoms with Crippen LogP contribution in [-0.2, 0) is 22.6 Å². The molecule has 0 bridgehead atoms. The third kappa shape index (κ3) is 6.58. The van der Waals surface area contributed by atoms with Crippen LogP contribution in [0.5, 0.6) is 5.75 Å². The SMILES string of the molecule is CC(NC(=O)C(N)CCc1ccccc1)C(=O)NCc1cc(Cl)ccc1O. The van der Waals surface area contributed by atoms with Gasteiger partial charge in [-0.25, -0.2) is 0 Å². The monoisotopic (exact) mass is 389 g/mol. The van der Waals surface area contributed by atoms with Gasteiger partial charge in [-0.15, -0.1) is 0 Å². The van der Waals surface area contributed by atoms with Crippen molar-refractivity contribution in [3.8, 4) is 5.75 Å². The van der Waals surface area contributed by atoms with E-state index in [4.69, 9.17) is 17.3 Å². The molecule has 2 aromatic rings. The normalized spacial score (nSPS) is 12.9. The Balaban J connectivity index is 1.78. The Kier molecular flexibility index (Phi) is 7.64. The van der Waals surface area contributed by atoms with Crippen molar-refractivity contribution in [1.29, 1.82) is 0 Å². The van der Waals surface area contributed by atoms with Gasteiger partial charge in [0.05, 0.1) is 6.04 Å². The van der Waals surface area contributed by atoms with Gasteiger partial charge >= 0.3 is 0 Å². The molecular formula is C20H24ClN3O3. The number of phenolic OH excluding ortho intramolecular Hbond substituents is 1. The van der Waals surface area contributed by atoms with Gasteiger partial charge in [0, 0.05) is 17.1 Å². The minimum absolute atomic E-state index is 0.0410. The van der Waals surface area contributed by atoms with Crippen molar-refractivity contribution in [1.82, 2.24) is 10.6 Å². The fraction of sp³-hybridized carbons (Fsp3) is 0.300. The number of benzene rings is 2. The van der Waals surface area contributed by atoms with Crippen LogP contribution < -0.4 is 16.4 Å². The first-order chi connectivity index (χ1) is 12.9. The predicted octanol–water partition coefficient (Wildman–Crippen LogP) is 2.13. The lowest BCUT2D eigenvalue weighted by atomic mass is 10.1. The van der Waals surface area contributed by atoms with Crippen molar-refractivity contribution in [2.75, 3.05) is 0 Å². The Morgan fingerprint density at radius 1 is 1.15 bits per heavy atom. The van der Waals surface area contributed by atoms with E-state index >= 15 is 0 Å². The fourth-order valence-electron chi connectivity index (χ4n) is 2.52. The summed E-state index contributed by atoms with van der Waals surface area (Å²) in [7, 11) is 0. The third-order valence-electron chi connectivity index (χ3n) is 4.17. The lowest BCUT2D eigenvalue weighted by molar-refractivity contribution is -0.129. The lowest BCUT2D eigenvalue weighted by Gasteiger charge is -2.17. The summed E-state index contributed by atoms with van der Waals surface area (Å²) in [5.41, 5.74) is 7.52. The first-order valence-corrected chi connectivity index (χ1v) is 9.09. The number of aromatic hydroxyl groups is 1. The molecule has 0 fully saturated rings. The Morgan fingerprint density at radius 2 is 1.85 bits per heavy atom. The number of amides is 2. The average Bonchev–Trinajstić information content (AvgIpc) is 2.67. The minimum atomic E-state index is -0.749. The van der Waals surface area contributed by atoms with Crippen LogP contribution in [0.1, 0.15) is 24.5 Å². The van der Waals surface area contributed by atoms with Crippen LogP contribution in [0.25, 0.3) is 0 Å². The first-order valence-electron chi connectivity index (χ1n) is 8.72. The molecule has 0 aliphatic rings. The van der Waals surface area contributed by atoms with Crippen LogP contribution in [0.4, 0.5) is 0 Å². The molecule has 2 rings (SSSR count). The molecule has 7 heteroatoms. The van der Waals surface area contributed by atoms with Crippen LogP contribution in [0, 0.1) is 0 Å². The zero-order valence-electron chi connectivity index (χ0n) is 15.1. The van der Waals surface area contributed by atoms with Crippen molar-refractivity contribution in [3.05, 3.63) is 64.7 Å². The summed E-state index contributed by atoms with van der Waals surface area (Å²) in [6.07, 6.45) is 1.17. The number of phenols is 1. The molecule has 0 heterocycles. The lowest BCUT2D eigenvalue weighted by Crippen LogP contribution is -2.50. The van der Waals surface area contributed by atoms with Gasteiger partial charge in [0.1, 0.15) is 11.8 Å². The molecule has 144 valence electrons. The standard InChI is InChI=1S/C20H24ClN3O3/c1-13(19(26)23-12-15-11-16(21)8-10-18(15)25)24-20(27)17(22)9-7-14-5-3-2-4-6-14/h2-6,8,10-11,13,17,25H,7,9,12,22H2,1H3,(H,23,26)(H,24,27). The smallest absolute Gasteiger partial charge is 0.242 e. The van der Waals surface area contributed by atoms with E-state index in [1.54, 1.807) is 19.1 Å². The molecule has 2 amide bonds. The number of nitrogens with two attached hydrogens (primary N) is 1. The van der Waals surface area contributed by atoms with Gasteiger partial charge < -0.3 is 21.5 Å². The first kappa shape index (κ1) is 20.7. The molecular weight excluding hydrogens is 366 g/mol. The number of carbonyl (C=O) groups is 2. The highest BCUT2D eigenvalue weighted by Crippen LogP contribution is 2.21. The highest BCUT2D eigenvalue weighted by Gasteiger charge is 2.20. The summed E-state index contributed by atoms with van der Waals surface area (Å²) in [5, 5.41) is 15.5. The van der Waals surface area contributed by atoms with Crippen LogP contribution >= 0.6 is 11.6 Å². The van der Waals surface area contributed by atoms with Crippen LogP contribution in [-0.4, -0.2) is 29.0 Å². The highest BCUT2D eigenvalue weighted by molar-refractivity contribution is 6.30. The van der Waals surface area contributed by atoms with E-state index in [0.29, 0.717) is 23.4 Å². The molecule has 2 unspecified atom stereocenters. The molecule has 0 saturated carbocycles. The van der Waals surface area contributed by atoms with Crippen molar-refractivity contribution in [2.24, 2.45) is 5.73 Å². The Morgan fingerprint density at radius 3 is 2.56 bits per heavy atom. The van der Waals surface area contributed by atoms with Crippen molar-refractivity contribution in [2.45, 2.75) is 38.4 Å². The molecule has 2 atom stereocenters. The van der Waals surface area contributed by atoms with E-state index in [0.717, 1.165) is 5.56 Å². The van der Waals surface area contributed by atoms with Gasteiger partial charge in [0.2, 0.25) is 11.8 Å². The summed E-state index contributed by atoms with van der Waals surface area (Å²) in [5.74, 6) is -0.712. The van der Waals surface area contributed by atoms with E-state index in [2.05, 4.69) is 10.6 Å². The molecule has 6 nitrogen and oxygen atoms in total. The van der Waals surface area contributed by atoms with E-state index in [1.165, 1.54) is 6.07 Å². The Labute approximate surface area is 163 Å². The van der Waals surface area contributed by atoms with E-state index in [9.17, 15) is 14.7 Å². The molecule has 0 radical (unpaired) electrons. The molecule has 0 saturated heterocycles. The van der Waals surface area contributed by atoms with Crippen molar-refractivity contribution < 1.29 is 14.7 Å². The van der Waals surface area contributed by atoms with Crippen molar-refractivity contribution in [3.63, 3.8) is 0 Å².